The quantitative estimate of drug-likeness (QED) is 0.749. The molecule has 0 saturated heterocycles. The van der Waals surface area contributed by atoms with E-state index in [2.05, 4.69) is 4.98 Å². The Labute approximate surface area is 83.2 Å². The van der Waals surface area contributed by atoms with Crippen LogP contribution in [0.2, 0.25) is 0 Å². The second-order valence-corrected chi connectivity index (χ2v) is 5.05. The van der Waals surface area contributed by atoms with E-state index in [0.29, 0.717) is 5.92 Å². The Kier molecular flexibility index (Phi) is 2.54. The number of rotatable bonds is 1. The largest absolute Gasteiger partial charge is 0.389 e. The Morgan fingerprint density at radius 1 is 1.31 bits per heavy atom. The Bertz CT molecular complexity index is 287. The van der Waals surface area contributed by atoms with Gasteiger partial charge in [0, 0.05) is 5.92 Å². The van der Waals surface area contributed by atoms with Crippen molar-refractivity contribution in [3.05, 3.63) is 10.7 Å². The average molecular weight is 196 g/mol. The maximum absolute atomic E-state index is 5.93. The Morgan fingerprint density at radius 2 is 2.00 bits per heavy atom. The SMILES string of the molecule is Cc1nc(C2CCCCC2)c(N)s1. The van der Waals surface area contributed by atoms with E-state index in [-0.39, 0.29) is 0 Å². The number of nitrogens with zero attached hydrogens (tertiary/aromatic N) is 1. The predicted molar refractivity (Wildman–Crippen MR) is 57.1 cm³/mol. The molecule has 0 unspecified atom stereocenters. The molecule has 13 heavy (non-hydrogen) atoms. The van der Waals surface area contributed by atoms with Crippen molar-refractivity contribution in [2.24, 2.45) is 0 Å². The molecule has 2 rings (SSSR count). The molecule has 0 bridgehead atoms. The molecule has 1 aromatic rings. The molecule has 0 atom stereocenters. The first-order chi connectivity index (χ1) is 6.27. The van der Waals surface area contributed by atoms with E-state index in [1.165, 1.54) is 37.8 Å². The van der Waals surface area contributed by atoms with Crippen molar-refractivity contribution >= 4 is 16.3 Å². The van der Waals surface area contributed by atoms with Crippen LogP contribution in [-0.4, -0.2) is 4.98 Å². The first kappa shape index (κ1) is 9.00. The molecule has 1 saturated carbocycles. The number of hydrogen-bond acceptors (Lipinski definition) is 3. The molecule has 0 amide bonds. The van der Waals surface area contributed by atoms with E-state index >= 15 is 0 Å². The lowest BCUT2D eigenvalue weighted by molar-refractivity contribution is 0.438. The molecule has 3 heteroatoms. The number of anilines is 1. The van der Waals surface area contributed by atoms with Crippen LogP contribution in [0.4, 0.5) is 5.00 Å². The van der Waals surface area contributed by atoms with Gasteiger partial charge in [-0.3, -0.25) is 0 Å². The molecule has 1 aliphatic carbocycles. The topological polar surface area (TPSA) is 38.9 Å². The van der Waals surface area contributed by atoms with E-state index in [1.807, 2.05) is 6.92 Å². The van der Waals surface area contributed by atoms with Crippen LogP contribution in [0.1, 0.15) is 48.7 Å². The molecule has 1 fully saturated rings. The molecule has 0 aromatic carbocycles. The second kappa shape index (κ2) is 3.66. The normalized spacial score (nSPS) is 19.2. The molecular weight excluding hydrogens is 180 g/mol. The Hall–Kier alpha value is -0.570. The Balaban J connectivity index is 2.18. The summed E-state index contributed by atoms with van der Waals surface area (Å²) >= 11 is 1.63. The maximum Gasteiger partial charge on any atom is 0.110 e. The van der Waals surface area contributed by atoms with Crippen molar-refractivity contribution in [3.63, 3.8) is 0 Å². The lowest BCUT2D eigenvalue weighted by Crippen LogP contribution is -2.06. The van der Waals surface area contributed by atoms with Crippen LogP contribution in [0.3, 0.4) is 0 Å². The average Bonchev–Trinajstić information content (AvgIpc) is 2.47. The molecule has 2 nitrogen and oxygen atoms in total. The van der Waals surface area contributed by atoms with Crippen LogP contribution in [0, 0.1) is 6.92 Å². The first-order valence-electron chi connectivity index (χ1n) is 5.00. The summed E-state index contributed by atoms with van der Waals surface area (Å²) in [5.41, 5.74) is 7.11. The fourth-order valence-corrected chi connectivity index (χ4v) is 2.91. The van der Waals surface area contributed by atoms with Crippen molar-refractivity contribution in [2.75, 3.05) is 5.73 Å². The summed E-state index contributed by atoms with van der Waals surface area (Å²) < 4.78 is 0. The van der Waals surface area contributed by atoms with E-state index < -0.39 is 0 Å². The van der Waals surface area contributed by atoms with Crippen molar-refractivity contribution in [2.45, 2.75) is 44.9 Å². The number of thiazole rings is 1. The van der Waals surface area contributed by atoms with Gasteiger partial charge in [0.1, 0.15) is 5.00 Å². The number of nitrogen functional groups attached to an aromatic ring is 1. The zero-order valence-electron chi connectivity index (χ0n) is 8.05. The third kappa shape index (κ3) is 1.85. The van der Waals surface area contributed by atoms with Gasteiger partial charge in [-0.2, -0.15) is 0 Å². The van der Waals surface area contributed by atoms with Crippen LogP contribution in [0.25, 0.3) is 0 Å². The van der Waals surface area contributed by atoms with Gasteiger partial charge in [-0.1, -0.05) is 19.3 Å². The van der Waals surface area contributed by atoms with Gasteiger partial charge >= 0.3 is 0 Å². The fourth-order valence-electron chi connectivity index (χ4n) is 2.13. The minimum absolute atomic E-state index is 0.652. The van der Waals surface area contributed by atoms with Gasteiger partial charge in [0.15, 0.2) is 0 Å². The highest BCUT2D eigenvalue weighted by atomic mass is 32.1. The van der Waals surface area contributed by atoms with Crippen LogP contribution in [-0.2, 0) is 0 Å². The van der Waals surface area contributed by atoms with Gasteiger partial charge in [0.2, 0.25) is 0 Å². The van der Waals surface area contributed by atoms with Gasteiger partial charge in [-0.05, 0) is 19.8 Å². The fraction of sp³-hybridized carbons (Fsp3) is 0.700. The summed E-state index contributed by atoms with van der Waals surface area (Å²) in [6.45, 7) is 2.04. The number of nitrogens with two attached hydrogens (primary N) is 1. The lowest BCUT2D eigenvalue weighted by atomic mass is 9.87. The van der Waals surface area contributed by atoms with Crippen molar-refractivity contribution in [1.29, 1.82) is 0 Å². The summed E-state index contributed by atoms with van der Waals surface area (Å²) in [7, 11) is 0. The summed E-state index contributed by atoms with van der Waals surface area (Å²) in [5, 5.41) is 2.06. The molecule has 1 heterocycles. The molecule has 1 aromatic heterocycles. The molecule has 1 aliphatic rings. The highest BCUT2D eigenvalue weighted by molar-refractivity contribution is 7.15. The predicted octanol–water partition coefficient (Wildman–Crippen LogP) is 3.08. The van der Waals surface area contributed by atoms with E-state index in [0.717, 1.165) is 10.0 Å². The van der Waals surface area contributed by atoms with Crippen molar-refractivity contribution in [1.82, 2.24) is 4.98 Å². The standard InChI is InChI=1S/C10H16N2S/c1-7-12-9(10(11)13-7)8-5-3-2-4-6-8/h8H,2-6,11H2,1H3. The zero-order chi connectivity index (χ0) is 9.26. The van der Waals surface area contributed by atoms with Gasteiger partial charge in [0.05, 0.1) is 10.7 Å². The lowest BCUT2D eigenvalue weighted by Gasteiger charge is -2.20. The molecule has 0 radical (unpaired) electrons. The smallest absolute Gasteiger partial charge is 0.110 e. The summed E-state index contributed by atoms with van der Waals surface area (Å²) in [4.78, 5) is 4.53. The van der Waals surface area contributed by atoms with Crippen LogP contribution in [0.15, 0.2) is 0 Å². The van der Waals surface area contributed by atoms with Crippen LogP contribution in [0.5, 0.6) is 0 Å². The van der Waals surface area contributed by atoms with E-state index in [1.54, 1.807) is 11.3 Å². The summed E-state index contributed by atoms with van der Waals surface area (Å²) in [6.07, 6.45) is 6.65. The number of aryl methyl sites for hydroxylation is 1. The van der Waals surface area contributed by atoms with Gasteiger partial charge in [-0.25, -0.2) is 4.98 Å². The van der Waals surface area contributed by atoms with Gasteiger partial charge < -0.3 is 5.73 Å². The third-order valence-corrected chi connectivity index (χ3v) is 3.60. The van der Waals surface area contributed by atoms with E-state index in [4.69, 9.17) is 5.73 Å². The minimum atomic E-state index is 0.652. The zero-order valence-corrected chi connectivity index (χ0v) is 8.86. The van der Waals surface area contributed by atoms with E-state index in [9.17, 15) is 0 Å². The van der Waals surface area contributed by atoms with Gasteiger partial charge in [-0.15, -0.1) is 11.3 Å². The maximum atomic E-state index is 5.93. The molecular formula is C10H16N2S. The van der Waals surface area contributed by atoms with Crippen LogP contribution >= 0.6 is 11.3 Å². The summed E-state index contributed by atoms with van der Waals surface area (Å²) in [6, 6.07) is 0. The summed E-state index contributed by atoms with van der Waals surface area (Å²) in [5.74, 6) is 0.652. The molecule has 72 valence electrons. The monoisotopic (exact) mass is 196 g/mol. The highest BCUT2D eigenvalue weighted by Crippen LogP contribution is 2.36. The van der Waals surface area contributed by atoms with Crippen molar-refractivity contribution < 1.29 is 0 Å². The highest BCUT2D eigenvalue weighted by Gasteiger charge is 2.20. The van der Waals surface area contributed by atoms with Crippen LogP contribution < -0.4 is 5.73 Å². The third-order valence-electron chi connectivity index (χ3n) is 2.78. The molecule has 2 N–H and O–H groups in total. The molecule has 0 aliphatic heterocycles. The molecule has 0 spiro atoms. The number of hydrogen-bond donors (Lipinski definition) is 1. The first-order valence-corrected chi connectivity index (χ1v) is 5.82. The second-order valence-electron chi connectivity index (χ2n) is 3.82. The number of aromatic nitrogens is 1. The van der Waals surface area contributed by atoms with Gasteiger partial charge in [0.25, 0.3) is 0 Å². The Morgan fingerprint density at radius 3 is 2.54 bits per heavy atom. The van der Waals surface area contributed by atoms with Crippen molar-refractivity contribution in [3.8, 4) is 0 Å². The minimum Gasteiger partial charge on any atom is -0.389 e.